The fourth-order valence-corrected chi connectivity index (χ4v) is 2.24. The molecule has 1 aromatic rings. The van der Waals surface area contributed by atoms with Crippen LogP contribution in [-0.4, -0.2) is 22.8 Å². The molecule has 0 amide bonds. The molecule has 0 aromatic carbocycles. The minimum Gasteiger partial charge on any atom is -0.407 e. The fourth-order valence-electron chi connectivity index (χ4n) is 2.24. The molecule has 1 aliphatic carbocycles. The van der Waals surface area contributed by atoms with Gasteiger partial charge in [-0.25, -0.2) is 0 Å². The average molecular weight is 224 g/mol. The molecule has 0 unspecified atom stereocenters. The van der Waals surface area contributed by atoms with Crippen molar-refractivity contribution in [3.8, 4) is 0 Å². The van der Waals surface area contributed by atoms with Crippen LogP contribution in [0.4, 0.5) is 6.01 Å². The van der Waals surface area contributed by atoms with Gasteiger partial charge in [-0.2, -0.15) is 0 Å². The Kier molecular flexibility index (Phi) is 3.43. The van der Waals surface area contributed by atoms with Gasteiger partial charge in [-0.15, -0.1) is 5.10 Å². The summed E-state index contributed by atoms with van der Waals surface area (Å²) in [7, 11) is 1.86. The Bertz CT molecular complexity index is 330. The van der Waals surface area contributed by atoms with Crippen LogP contribution in [0.25, 0.3) is 0 Å². The Balaban J connectivity index is 1.96. The molecule has 0 bridgehead atoms. The fraction of sp³-hybridized carbons (Fsp3) is 0.818. The van der Waals surface area contributed by atoms with E-state index in [-0.39, 0.29) is 5.54 Å². The molecular formula is C11H20N4O. The molecule has 16 heavy (non-hydrogen) atoms. The number of hydrogen-bond acceptors (Lipinski definition) is 5. The van der Waals surface area contributed by atoms with Gasteiger partial charge < -0.3 is 15.1 Å². The van der Waals surface area contributed by atoms with E-state index in [1.165, 1.54) is 32.1 Å². The third-order valence-corrected chi connectivity index (χ3v) is 3.16. The van der Waals surface area contributed by atoms with Gasteiger partial charge in [0.1, 0.15) is 0 Å². The molecule has 0 atom stereocenters. The predicted molar refractivity (Wildman–Crippen MR) is 62.2 cm³/mol. The summed E-state index contributed by atoms with van der Waals surface area (Å²) in [6, 6.07) is 0.551. The van der Waals surface area contributed by atoms with Crippen molar-refractivity contribution >= 4 is 6.01 Å². The van der Waals surface area contributed by atoms with Crippen LogP contribution in [0.15, 0.2) is 4.42 Å². The molecule has 1 aliphatic rings. The van der Waals surface area contributed by atoms with Gasteiger partial charge in [-0.05, 0) is 26.8 Å². The van der Waals surface area contributed by atoms with E-state index in [9.17, 15) is 0 Å². The summed E-state index contributed by atoms with van der Waals surface area (Å²) in [6.45, 7) is 2.85. The lowest BCUT2D eigenvalue weighted by Gasteiger charge is -2.33. The van der Waals surface area contributed by atoms with Gasteiger partial charge in [0.2, 0.25) is 5.89 Å². The van der Waals surface area contributed by atoms with Crippen molar-refractivity contribution in [3.05, 3.63) is 5.89 Å². The number of hydrogen-bond donors (Lipinski definition) is 2. The summed E-state index contributed by atoms with van der Waals surface area (Å²) in [5.41, 5.74) is 0.127. The molecule has 1 fully saturated rings. The molecule has 0 spiro atoms. The molecule has 1 heterocycles. The van der Waals surface area contributed by atoms with Crippen molar-refractivity contribution in [1.29, 1.82) is 0 Å². The molecule has 5 nitrogen and oxygen atoms in total. The van der Waals surface area contributed by atoms with E-state index >= 15 is 0 Å². The van der Waals surface area contributed by atoms with Crippen LogP contribution in [0.2, 0.25) is 0 Å². The number of anilines is 1. The van der Waals surface area contributed by atoms with E-state index in [0.29, 0.717) is 18.5 Å². The summed E-state index contributed by atoms with van der Waals surface area (Å²) in [6.07, 6.45) is 6.25. The average Bonchev–Trinajstić information content (AvgIpc) is 2.66. The third kappa shape index (κ3) is 2.72. The Hall–Kier alpha value is -1.10. The van der Waals surface area contributed by atoms with Crippen molar-refractivity contribution in [2.75, 3.05) is 12.4 Å². The minimum absolute atomic E-state index is 0.127. The molecule has 1 aromatic heterocycles. The smallest absolute Gasteiger partial charge is 0.315 e. The van der Waals surface area contributed by atoms with Crippen LogP contribution in [0.5, 0.6) is 0 Å². The second-order valence-electron chi connectivity index (χ2n) is 4.78. The van der Waals surface area contributed by atoms with Crippen LogP contribution in [0.3, 0.4) is 0 Å². The highest BCUT2D eigenvalue weighted by atomic mass is 16.4. The topological polar surface area (TPSA) is 63.0 Å². The molecule has 90 valence electrons. The van der Waals surface area contributed by atoms with Crippen LogP contribution in [-0.2, 0) is 6.54 Å². The molecule has 1 saturated carbocycles. The first-order chi connectivity index (χ1) is 7.72. The number of rotatable bonds is 4. The van der Waals surface area contributed by atoms with E-state index in [0.717, 1.165) is 0 Å². The Morgan fingerprint density at radius 1 is 1.25 bits per heavy atom. The first kappa shape index (κ1) is 11.4. The number of nitrogens with one attached hydrogen (secondary N) is 2. The lowest BCUT2D eigenvalue weighted by Crippen LogP contribution is -2.36. The number of nitrogens with zero attached hydrogens (tertiary/aromatic N) is 2. The van der Waals surface area contributed by atoms with Crippen LogP contribution in [0, 0.1) is 0 Å². The SMILES string of the molecule is CNCc1nnc(NC2(C)CCCCC2)o1. The summed E-state index contributed by atoms with van der Waals surface area (Å²) in [4.78, 5) is 0. The van der Waals surface area contributed by atoms with E-state index in [1.54, 1.807) is 0 Å². The van der Waals surface area contributed by atoms with Crippen LogP contribution >= 0.6 is 0 Å². The van der Waals surface area contributed by atoms with Gasteiger partial charge in [0.25, 0.3) is 0 Å². The first-order valence-electron chi connectivity index (χ1n) is 5.97. The summed E-state index contributed by atoms with van der Waals surface area (Å²) in [5.74, 6) is 0.629. The highest BCUT2D eigenvalue weighted by Gasteiger charge is 2.28. The zero-order valence-corrected chi connectivity index (χ0v) is 10.0. The maximum Gasteiger partial charge on any atom is 0.315 e. The van der Waals surface area contributed by atoms with E-state index < -0.39 is 0 Å². The van der Waals surface area contributed by atoms with Gasteiger partial charge in [0, 0.05) is 5.54 Å². The maximum absolute atomic E-state index is 5.50. The Morgan fingerprint density at radius 3 is 2.69 bits per heavy atom. The van der Waals surface area contributed by atoms with Gasteiger partial charge in [0.05, 0.1) is 6.54 Å². The van der Waals surface area contributed by atoms with Gasteiger partial charge in [-0.1, -0.05) is 24.4 Å². The lowest BCUT2D eigenvalue weighted by atomic mass is 9.83. The Morgan fingerprint density at radius 2 is 2.00 bits per heavy atom. The Labute approximate surface area is 96.0 Å². The highest BCUT2D eigenvalue weighted by molar-refractivity contribution is 5.23. The van der Waals surface area contributed by atoms with Gasteiger partial charge in [0.15, 0.2) is 0 Å². The van der Waals surface area contributed by atoms with Crippen molar-refractivity contribution in [3.63, 3.8) is 0 Å². The summed E-state index contributed by atoms with van der Waals surface area (Å²) in [5, 5.41) is 14.3. The van der Waals surface area contributed by atoms with Crippen molar-refractivity contribution in [2.45, 2.75) is 51.1 Å². The second-order valence-corrected chi connectivity index (χ2v) is 4.78. The van der Waals surface area contributed by atoms with Crippen LogP contribution in [0.1, 0.15) is 44.9 Å². The zero-order valence-electron chi connectivity index (χ0n) is 10.0. The molecule has 2 N–H and O–H groups in total. The summed E-state index contributed by atoms with van der Waals surface area (Å²) < 4.78 is 5.50. The standard InChI is InChI=1S/C11H20N4O/c1-11(6-4-3-5-7-11)13-10-15-14-9(16-10)8-12-2/h12H,3-8H2,1-2H3,(H,13,15). The molecular weight excluding hydrogens is 204 g/mol. The molecule has 5 heteroatoms. The van der Waals surface area contributed by atoms with Gasteiger partial charge >= 0.3 is 6.01 Å². The second kappa shape index (κ2) is 4.82. The van der Waals surface area contributed by atoms with E-state index in [4.69, 9.17) is 4.42 Å². The minimum atomic E-state index is 0.127. The molecule has 0 radical (unpaired) electrons. The maximum atomic E-state index is 5.50. The monoisotopic (exact) mass is 224 g/mol. The third-order valence-electron chi connectivity index (χ3n) is 3.16. The van der Waals surface area contributed by atoms with Crippen molar-refractivity contribution in [2.24, 2.45) is 0 Å². The van der Waals surface area contributed by atoms with Crippen molar-refractivity contribution < 1.29 is 4.42 Å². The van der Waals surface area contributed by atoms with E-state index in [2.05, 4.69) is 27.8 Å². The number of aromatic nitrogens is 2. The molecule has 0 saturated heterocycles. The van der Waals surface area contributed by atoms with Crippen LogP contribution < -0.4 is 10.6 Å². The highest BCUT2D eigenvalue weighted by Crippen LogP contribution is 2.30. The van der Waals surface area contributed by atoms with Gasteiger partial charge in [-0.3, -0.25) is 0 Å². The summed E-state index contributed by atoms with van der Waals surface area (Å²) >= 11 is 0. The lowest BCUT2D eigenvalue weighted by molar-refractivity contribution is 0.338. The van der Waals surface area contributed by atoms with Crippen molar-refractivity contribution in [1.82, 2.24) is 15.5 Å². The predicted octanol–water partition coefficient (Wildman–Crippen LogP) is 1.92. The van der Waals surface area contributed by atoms with E-state index in [1.807, 2.05) is 7.05 Å². The largest absolute Gasteiger partial charge is 0.407 e. The first-order valence-corrected chi connectivity index (χ1v) is 5.97. The normalized spacial score (nSPS) is 19.6. The zero-order chi connectivity index (χ0) is 11.4. The quantitative estimate of drug-likeness (QED) is 0.818. The molecule has 2 rings (SSSR count). The molecule has 0 aliphatic heterocycles.